The molecule has 0 amide bonds. The number of halogens is 1. The number of fused-ring (bicyclic) bond motifs is 2. The molecule has 0 fully saturated rings. The summed E-state index contributed by atoms with van der Waals surface area (Å²) >= 11 is 0. The number of hydrogen-bond acceptors (Lipinski definition) is 1. The number of benzene rings is 1. The molecule has 0 aromatic heterocycles. The van der Waals surface area contributed by atoms with Crippen molar-refractivity contribution in [2.75, 3.05) is 0 Å². The van der Waals surface area contributed by atoms with Crippen molar-refractivity contribution >= 4 is 11.5 Å². The Morgan fingerprint density at radius 3 is 2.84 bits per heavy atom. The molecule has 0 heterocycles. The van der Waals surface area contributed by atoms with E-state index in [9.17, 15) is 14.3 Å². The van der Waals surface area contributed by atoms with Gasteiger partial charge in [-0.3, -0.25) is 4.79 Å². The minimum absolute atomic E-state index is 0.0395. The van der Waals surface area contributed by atoms with Gasteiger partial charge in [-0.1, -0.05) is 36.8 Å². The summed E-state index contributed by atoms with van der Waals surface area (Å²) in [5.41, 5.74) is 8.21. The standard InChI is InChI=1S/C22H21FO2/c1-2-15-17-5-3-4-6-18(17)22(20(15)12-21(24)25)19-9-7-13-11-14(23)8-10-16(13)19/h3-6,8,11,22H,2,7,9-10,12H2,1H3,(H,24,25). The van der Waals surface area contributed by atoms with Gasteiger partial charge in [-0.25, -0.2) is 4.39 Å². The zero-order valence-corrected chi connectivity index (χ0v) is 14.3. The van der Waals surface area contributed by atoms with Gasteiger partial charge in [0.25, 0.3) is 0 Å². The predicted molar refractivity (Wildman–Crippen MR) is 96.8 cm³/mol. The van der Waals surface area contributed by atoms with Gasteiger partial charge in [-0.2, -0.15) is 0 Å². The van der Waals surface area contributed by atoms with Crippen molar-refractivity contribution in [3.8, 4) is 0 Å². The number of rotatable bonds is 4. The lowest BCUT2D eigenvalue weighted by Gasteiger charge is -2.20. The molecular formula is C22H21FO2. The van der Waals surface area contributed by atoms with Crippen LogP contribution in [0.5, 0.6) is 0 Å². The van der Waals surface area contributed by atoms with E-state index in [1.165, 1.54) is 27.8 Å². The van der Waals surface area contributed by atoms with E-state index in [2.05, 4.69) is 19.1 Å². The van der Waals surface area contributed by atoms with E-state index < -0.39 is 5.97 Å². The number of hydrogen-bond donors (Lipinski definition) is 1. The van der Waals surface area contributed by atoms with Gasteiger partial charge in [0, 0.05) is 5.92 Å². The number of carboxylic acid groups (broad SMARTS) is 1. The smallest absolute Gasteiger partial charge is 0.307 e. The Labute approximate surface area is 147 Å². The summed E-state index contributed by atoms with van der Waals surface area (Å²) in [5, 5.41) is 9.47. The second-order valence-electron chi connectivity index (χ2n) is 6.91. The van der Waals surface area contributed by atoms with Crippen LogP contribution in [0.4, 0.5) is 4.39 Å². The fraction of sp³-hybridized carbons (Fsp3) is 0.318. The van der Waals surface area contributed by atoms with Crippen LogP contribution < -0.4 is 0 Å². The zero-order valence-electron chi connectivity index (χ0n) is 14.3. The molecule has 1 N–H and O–H groups in total. The van der Waals surface area contributed by atoms with E-state index >= 15 is 0 Å². The molecule has 0 aliphatic heterocycles. The fourth-order valence-electron chi connectivity index (χ4n) is 4.69. The van der Waals surface area contributed by atoms with Gasteiger partial charge in [0.1, 0.15) is 5.83 Å². The van der Waals surface area contributed by atoms with Crippen LogP contribution in [0, 0.1) is 0 Å². The average Bonchev–Trinajstić information content (AvgIpc) is 3.12. The highest BCUT2D eigenvalue weighted by atomic mass is 19.1. The third-order valence-corrected chi connectivity index (χ3v) is 5.63. The SMILES string of the molecule is CCC1=C(CC(=O)O)C(C2=C3CC=C(F)C=C3CC2)c2ccccc21. The van der Waals surface area contributed by atoms with Crippen LogP contribution in [0.15, 0.2) is 64.5 Å². The highest BCUT2D eigenvalue weighted by molar-refractivity contribution is 5.85. The summed E-state index contributed by atoms with van der Waals surface area (Å²) < 4.78 is 13.6. The van der Waals surface area contributed by atoms with Crippen molar-refractivity contribution in [2.45, 2.75) is 44.9 Å². The van der Waals surface area contributed by atoms with Crippen LogP contribution in [0.3, 0.4) is 0 Å². The maximum Gasteiger partial charge on any atom is 0.307 e. The minimum atomic E-state index is -0.785. The predicted octanol–water partition coefficient (Wildman–Crippen LogP) is 5.70. The lowest BCUT2D eigenvalue weighted by Crippen LogP contribution is -2.08. The molecule has 128 valence electrons. The maximum atomic E-state index is 13.6. The maximum absolute atomic E-state index is 13.6. The Bertz CT molecular complexity index is 883. The Morgan fingerprint density at radius 1 is 1.28 bits per heavy atom. The normalized spacial score (nSPS) is 21.9. The molecule has 4 rings (SSSR count). The van der Waals surface area contributed by atoms with Crippen LogP contribution in [0.25, 0.3) is 5.57 Å². The molecule has 0 saturated carbocycles. The van der Waals surface area contributed by atoms with E-state index in [1.807, 2.05) is 12.1 Å². The highest BCUT2D eigenvalue weighted by Crippen LogP contribution is 2.53. The van der Waals surface area contributed by atoms with Crippen LogP contribution in [-0.4, -0.2) is 11.1 Å². The number of carboxylic acids is 1. The molecule has 0 radical (unpaired) electrons. The summed E-state index contributed by atoms with van der Waals surface area (Å²) in [5.74, 6) is -0.896. The van der Waals surface area contributed by atoms with Crippen LogP contribution in [0.1, 0.15) is 56.1 Å². The van der Waals surface area contributed by atoms with Gasteiger partial charge in [-0.05, 0) is 71.3 Å². The molecule has 1 unspecified atom stereocenters. The van der Waals surface area contributed by atoms with Gasteiger partial charge in [0.15, 0.2) is 0 Å². The van der Waals surface area contributed by atoms with Crippen LogP contribution in [0.2, 0.25) is 0 Å². The first-order chi connectivity index (χ1) is 12.1. The Morgan fingerprint density at radius 2 is 2.08 bits per heavy atom. The largest absolute Gasteiger partial charge is 0.481 e. The summed E-state index contributed by atoms with van der Waals surface area (Å²) in [6.07, 6.45) is 6.54. The monoisotopic (exact) mass is 336 g/mol. The fourth-order valence-corrected chi connectivity index (χ4v) is 4.69. The van der Waals surface area contributed by atoms with E-state index in [-0.39, 0.29) is 18.2 Å². The Balaban J connectivity index is 1.88. The van der Waals surface area contributed by atoms with Crippen molar-refractivity contribution in [2.24, 2.45) is 0 Å². The molecule has 0 bridgehead atoms. The Kier molecular flexibility index (Phi) is 3.95. The first-order valence-corrected chi connectivity index (χ1v) is 8.91. The van der Waals surface area contributed by atoms with Gasteiger partial charge in [-0.15, -0.1) is 0 Å². The number of aliphatic carboxylic acids is 1. The molecule has 3 aliphatic rings. The van der Waals surface area contributed by atoms with Crippen molar-refractivity contribution in [1.29, 1.82) is 0 Å². The van der Waals surface area contributed by atoms with E-state index in [0.717, 1.165) is 30.4 Å². The lowest BCUT2D eigenvalue weighted by molar-refractivity contribution is -0.136. The molecule has 0 spiro atoms. The van der Waals surface area contributed by atoms with Crippen molar-refractivity contribution < 1.29 is 14.3 Å². The second-order valence-corrected chi connectivity index (χ2v) is 6.91. The number of allylic oxidation sites excluding steroid dienone is 7. The van der Waals surface area contributed by atoms with Gasteiger partial charge in [0.2, 0.25) is 0 Å². The van der Waals surface area contributed by atoms with Gasteiger partial charge >= 0.3 is 5.97 Å². The lowest BCUT2D eigenvalue weighted by atomic mass is 9.83. The van der Waals surface area contributed by atoms with Gasteiger partial charge < -0.3 is 5.11 Å². The van der Waals surface area contributed by atoms with Crippen molar-refractivity contribution in [3.05, 3.63) is 75.7 Å². The quantitative estimate of drug-likeness (QED) is 0.766. The molecule has 25 heavy (non-hydrogen) atoms. The van der Waals surface area contributed by atoms with Crippen LogP contribution in [-0.2, 0) is 4.79 Å². The molecule has 0 saturated heterocycles. The van der Waals surface area contributed by atoms with Crippen molar-refractivity contribution in [3.63, 3.8) is 0 Å². The molecule has 1 aromatic rings. The summed E-state index contributed by atoms with van der Waals surface area (Å²) in [6, 6.07) is 8.28. The molecule has 1 aromatic carbocycles. The average molecular weight is 336 g/mol. The topological polar surface area (TPSA) is 37.3 Å². The van der Waals surface area contributed by atoms with Gasteiger partial charge in [0.05, 0.1) is 6.42 Å². The van der Waals surface area contributed by atoms with E-state index in [1.54, 1.807) is 12.2 Å². The first-order valence-electron chi connectivity index (χ1n) is 8.91. The molecule has 1 atom stereocenters. The van der Waals surface area contributed by atoms with E-state index in [4.69, 9.17) is 0 Å². The third kappa shape index (κ3) is 2.58. The summed E-state index contributed by atoms with van der Waals surface area (Å²) in [4.78, 5) is 11.5. The molecule has 3 heteroatoms. The Hall–Kier alpha value is -2.42. The second kappa shape index (κ2) is 6.14. The number of carbonyl (C=O) groups is 1. The zero-order chi connectivity index (χ0) is 17.6. The molecular weight excluding hydrogens is 315 g/mol. The van der Waals surface area contributed by atoms with E-state index in [0.29, 0.717) is 6.42 Å². The van der Waals surface area contributed by atoms with Crippen LogP contribution >= 0.6 is 0 Å². The highest BCUT2D eigenvalue weighted by Gasteiger charge is 2.37. The molecule has 2 nitrogen and oxygen atoms in total. The summed E-state index contributed by atoms with van der Waals surface area (Å²) in [7, 11) is 0. The van der Waals surface area contributed by atoms with Crippen molar-refractivity contribution in [1.82, 2.24) is 0 Å². The minimum Gasteiger partial charge on any atom is -0.481 e. The summed E-state index contributed by atoms with van der Waals surface area (Å²) in [6.45, 7) is 2.09. The first kappa shape index (κ1) is 16.1. The molecule has 3 aliphatic carbocycles. The third-order valence-electron chi connectivity index (χ3n) is 5.63.